The van der Waals surface area contributed by atoms with Gasteiger partial charge in [-0.05, 0) is 69.5 Å². The van der Waals surface area contributed by atoms with E-state index in [2.05, 4.69) is 4.90 Å². The summed E-state index contributed by atoms with van der Waals surface area (Å²) in [5, 5.41) is 9.95. The maximum Gasteiger partial charge on any atom is 0.416 e. The van der Waals surface area contributed by atoms with Gasteiger partial charge in [0.2, 0.25) is 5.91 Å². The SMILES string of the molecule is CB(O)N1CCC2(CC1)C(=O)N(Cc1cc(C)cc(C(F)(F)F)c1)CN2c1ccccc1. The Bertz CT molecular complexity index is 976. The number of halogens is 3. The Labute approximate surface area is 186 Å². The molecular formula is C23H27BF3N3O2. The Hall–Kier alpha value is -2.52. The van der Waals surface area contributed by atoms with Crippen molar-refractivity contribution in [3.63, 3.8) is 0 Å². The van der Waals surface area contributed by atoms with Crippen LogP contribution in [0.5, 0.6) is 0 Å². The molecule has 2 fully saturated rings. The van der Waals surface area contributed by atoms with E-state index in [1.165, 1.54) is 0 Å². The number of carbonyl (C=O) groups is 1. The van der Waals surface area contributed by atoms with Crippen molar-refractivity contribution in [1.29, 1.82) is 0 Å². The van der Waals surface area contributed by atoms with Crippen LogP contribution in [-0.4, -0.2) is 53.0 Å². The Morgan fingerprint density at radius 3 is 2.34 bits per heavy atom. The number of para-hydroxylation sites is 1. The average Bonchev–Trinajstić information content (AvgIpc) is 3.00. The number of amides is 1. The zero-order chi connectivity index (χ0) is 23.1. The highest BCUT2D eigenvalue weighted by Crippen LogP contribution is 2.40. The van der Waals surface area contributed by atoms with Gasteiger partial charge < -0.3 is 19.6 Å². The molecule has 2 saturated heterocycles. The van der Waals surface area contributed by atoms with Crippen LogP contribution in [0.3, 0.4) is 0 Å². The van der Waals surface area contributed by atoms with Gasteiger partial charge in [-0.1, -0.05) is 29.8 Å². The number of benzene rings is 2. The van der Waals surface area contributed by atoms with E-state index in [1.807, 2.05) is 35.1 Å². The third kappa shape index (κ3) is 4.23. The minimum absolute atomic E-state index is 0.0679. The topological polar surface area (TPSA) is 47.0 Å². The van der Waals surface area contributed by atoms with Crippen molar-refractivity contribution in [3.8, 4) is 0 Å². The lowest BCUT2D eigenvalue weighted by molar-refractivity contribution is -0.137. The van der Waals surface area contributed by atoms with Crippen LogP contribution in [0.25, 0.3) is 0 Å². The van der Waals surface area contributed by atoms with Gasteiger partial charge in [0.1, 0.15) is 5.54 Å². The lowest BCUT2D eigenvalue weighted by atomic mass is 9.77. The molecule has 170 valence electrons. The van der Waals surface area contributed by atoms with Gasteiger partial charge in [-0.15, -0.1) is 0 Å². The van der Waals surface area contributed by atoms with Crippen molar-refractivity contribution in [1.82, 2.24) is 9.71 Å². The van der Waals surface area contributed by atoms with E-state index in [1.54, 1.807) is 24.7 Å². The molecule has 0 bridgehead atoms. The largest absolute Gasteiger partial charge is 0.437 e. The quantitative estimate of drug-likeness (QED) is 0.729. The van der Waals surface area contributed by atoms with E-state index in [9.17, 15) is 23.0 Å². The molecule has 0 aliphatic carbocycles. The molecule has 2 aliphatic heterocycles. The smallest absolute Gasteiger partial charge is 0.416 e. The number of aryl methyl sites for hydroxylation is 1. The summed E-state index contributed by atoms with van der Waals surface area (Å²) in [5.74, 6) is -0.0679. The van der Waals surface area contributed by atoms with Crippen LogP contribution in [-0.2, 0) is 17.5 Å². The summed E-state index contributed by atoms with van der Waals surface area (Å²) in [6.45, 7) is 4.92. The summed E-state index contributed by atoms with van der Waals surface area (Å²) in [6, 6.07) is 13.6. The molecule has 0 saturated carbocycles. The third-order valence-electron chi connectivity index (χ3n) is 6.57. The summed E-state index contributed by atoms with van der Waals surface area (Å²) in [6.07, 6.45) is -3.34. The molecule has 5 nitrogen and oxygen atoms in total. The van der Waals surface area contributed by atoms with E-state index in [0.29, 0.717) is 43.7 Å². The van der Waals surface area contributed by atoms with Gasteiger partial charge in [0, 0.05) is 12.2 Å². The summed E-state index contributed by atoms with van der Waals surface area (Å²) >= 11 is 0. The number of anilines is 1. The van der Waals surface area contributed by atoms with Crippen LogP contribution in [0.15, 0.2) is 48.5 Å². The number of hydrogen-bond donors (Lipinski definition) is 1. The lowest BCUT2D eigenvalue weighted by Crippen LogP contribution is -2.58. The molecule has 0 aromatic heterocycles. The van der Waals surface area contributed by atoms with E-state index in [-0.39, 0.29) is 12.5 Å². The molecule has 2 aliphatic rings. The van der Waals surface area contributed by atoms with Crippen LogP contribution >= 0.6 is 0 Å². The Balaban J connectivity index is 1.64. The maximum atomic E-state index is 13.7. The van der Waals surface area contributed by atoms with Gasteiger partial charge in [-0.3, -0.25) is 4.79 Å². The molecule has 2 aromatic rings. The first-order chi connectivity index (χ1) is 15.1. The molecule has 2 aromatic carbocycles. The summed E-state index contributed by atoms with van der Waals surface area (Å²) in [5.41, 5.74) is 0.440. The second-order valence-electron chi connectivity index (χ2n) is 8.81. The van der Waals surface area contributed by atoms with E-state index < -0.39 is 24.3 Å². The third-order valence-corrected chi connectivity index (χ3v) is 6.57. The van der Waals surface area contributed by atoms with Crippen molar-refractivity contribution >= 4 is 18.6 Å². The van der Waals surface area contributed by atoms with Crippen molar-refractivity contribution in [2.45, 2.75) is 44.8 Å². The zero-order valence-electron chi connectivity index (χ0n) is 18.3. The fourth-order valence-corrected chi connectivity index (χ4v) is 4.93. The summed E-state index contributed by atoms with van der Waals surface area (Å²) in [7, 11) is -0.585. The minimum Gasteiger partial charge on any atom is -0.437 e. The van der Waals surface area contributed by atoms with Crippen molar-refractivity contribution in [3.05, 3.63) is 65.2 Å². The van der Waals surface area contributed by atoms with Crippen LogP contribution in [0.2, 0.25) is 6.82 Å². The summed E-state index contributed by atoms with van der Waals surface area (Å²) < 4.78 is 39.9. The second kappa shape index (κ2) is 8.44. The van der Waals surface area contributed by atoms with E-state index in [4.69, 9.17) is 0 Å². The number of carbonyl (C=O) groups excluding carboxylic acids is 1. The highest BCUT2D eigenvalue weighted by molar-refractivity contribution is 6.45. The van der Waals surface area contributed by atoms with Gasteiger partial charge in [0.25, 0.3) is 0 Å². The average molecular weight is 445 g/mol. The first-order valence-electron chi connectivity index (χ1n) is 10.8. The van der Waals surface area contributed by atoms with Crippen LogP contribution in [0, 0.1) is 6.92 Å². The Morgan fingerprint density at radius 1 is 1.09 bits per heavy atom. The number of alkyl halides is 3. The van der Waals surface area contributed by atoms with Gasteiger partial charge in [0.15, 0.2) is 0 Å². The predicted molar refractivity (Wildman–Crippen MR) is 118 cm³/mol. The molecule has 1 spiro atoms. The number of nitrogens with zero attached hydrogens (tertiary/aromatic N) is 3. The van der Waals surface area contributed by atoms with Crippen molar-refractivity contribution in [2.75, 3.05) is 24.7 Å². The Kier molecular flexibility index (Phi) is 5.98. The molecule has 4 rings (SSSR count). The fourth-order valence-electron chi connectivity index (χ4n) is 4.93. The molecule has 9 heteroatoms. The maximum absolute atomic E-state index is 13.7. The highest BCUT2D eigenvalue weighted by atomic mass is 19.4. The molecule has 0 radical (unpaired) electrons. The number of hydrogen-bond acceptors (Lipinski definition) is 4. The van der Waals surface area contributed by atoms with E-state index in [0.717, 1.165) is 17.8 Å². The lowest BCUT2D eigenvalue weighted by Gasteiger charge is -2.43. The van der Waals surface area contributed by atoms with Gasteiger partial charge in [-0.2, -0.15) is 13.2 Å². The van der Waals surface area contributed by atoms with Crippen LogP contribution in [0.1, 0.15) is 29.5 Å². The molecular weight excluding hydrogens is 418 g/mol. The fraction of sp³-hybridized carbons (Fsp3) is 0.435. The van der Waals surface area contributed by atoms with Crippen LogP contribution in [0.4, 0.5) is 18.9 Å². The second-order valence-corrected chi connectivity index (χ2v) is 8.81. The summed E-state index contributed by atoms with van der Waals surface area (Å²) in [4.78, 5) is 19.4. The molecule has 1 amide bonds. The van der Waals surface area contributed by atoms with Crippen LogP contribution < -0.4 is 4.90 Å². The molecule has 2 heterocycles. The van der Waals surface area contributed by atoms with E-state index >= 15 is 0 Å². The highest BCUT2D eigenvalue weighted by Gasteiger charge is 2.54. The van der Waals surface area contributed by atoms with Crippen molar-refractivity contribution < 1.29 is 23.0 Å². The first kappa shape index (κ1) is 22.7. The molecule has 0 unspecified atom stereocenters. The molecule has 32 heavy (non-hydrogen) atoms. The predicted octanol–water partition coefficient (Wildman–Crippen LogP) is 3.77. The number of rotatable bonds is 4. The van der Waals surface area contributed by atoms with Gasteiger partial charge in [-0.25, -0.2) is 0 Å². The van der Waals surface area contributed by atoms with Gasteiger partial charge >= 0.3 is 13.2 Å². The number of piperidine rings is 1. The monoisotopic (exact) mass is 445 g/mol. The van der Waals surface area contributed by atoms with Gasteiger partial charge in [0.05, 0.1) is 12.2 Å². The minimum atomic E-state index is -4.43. The molecule has 0 atom stereocenters. The first-order valence-corrected chi connectivity index (χ1v) is 10.8. The zero-order valence-corrected chi connectivity index (χ0v) is 18.3. The van der Waals surface area contributed by atoms with Crippen molar-refractivity contribution in [2.24, 2.45) is 0 Å². The molecule has 1 N–H and O–H groups in total. The normalized spacial score (nSPS) is 19.1. The Morgan fingerprint density at radius 2 is 1.75 bits per heavy atom. The standard InChI is InChI=1S/C23H27BF3N3O2/c1-17-12-18(14-19(13-17)23(25,26)27)15-28-16-30(20-6-4-3-5-7-20)22(21(28)31)8-10-29(11-9-22)24(2)32/h3-7,12-14,32H,8-11,15-16H2,1-2H3.